The molecule has 4 unspecified atom stereocenters. The zero-order valence-electron chi connectivity index (χ0n) is 12.4. The molecule has 0 aromatic heterocycles. The molecule has 3 rings (SSSR count). The Kier molecular flexibility index (Phi) is 3.02. The Morgan fingerprint density at radius 2 is 2.00 bits per heavy atom. The molecular formula is C16H30N2. The van der Waals surface area contributed by atoms with E-state index in [0.29, 0.717) is 11.0 Å². The molecule has 2 bridgehead atoms. The van der Waals surface area contributed by atoms with Crippen LogP contribution < -0.4 is 5.73 Å². The van der Waals surface area contributed by atoms with Gasteiger partial charge in [0.1, 0.15) is 0 Å². The van der Waals surface area contributed by atoms with Crippen molar-refractivity contribution in [3.8, 4) is 0 Å². The molecular weight excluding hydrogens is 220 g/mol. The van der Waals surface area contributed by atoms with Crippen LogP contribution in [0.4, 0.5) is 0 Å². The lowest BCUT2D eigenvalue weighted by molar-refractivity contribution is -0.0387. The molecule has 1 aliphatic heterocycles. The van der Waals surface area contributed by atoms with E-state index in [2.05, 4.69) is 25.7 Å². The van der Waals surface area contributed by atoms with E-state index in [4.69, 9.17) is 5.73 Å². The maximum atomic E-state index is 6.29. The lowest BCUT2D eigenvalue weighted by atomic mass is 9.63. The van der Waals surface area contributed by atoms with E-state index in [9.17, 15) is 0 Å². The van der Waals surface area contributed by atoms with Crippen LogP contribution in [-0.4, -0.2) is 29.6 Å². The average molecular weight is 250 g/mol. The third kappa shape index (κ3) is 1.84. The Balaban J connectivity index is 1.82. The summed E-state index contributed by atoms with van der Waals surface area (Å²) in [4.78, 5) is 2.85. The Hall–Kier alpha value is -0.0800. The molecule has 1 saturated heterocycles. The Morgan fingerprint density at radius 3 is 2.50 bits per heavy atom. The summed E-state index contributed by atoms with van der Waals surface area (Å²) in [5, 5.41) is 0. The summed E-state index contributed by atoms with van der Waals surface area (Å²) in [6.07, 6.45) is 8.38. The Bertz CT molecular complexity index is 325. The van der Waals surface area contributed by atoms with Crippen molar-refractivity contribution < 1.29 is 0 Å². The molecule has 104 valence electrons. The van der Waals surface area contributed by atoms with Gasteiger partial charge in [0.15, 0.2) is 0 Å². The summed E-state index contributed by atoms with van der Waals surface area (Å²) in [6.45, 7) is 9.53. The molecule has 2 nitrogen and oxygen atoms in total. The highest BCUT2D eigenvalue weighted by molar-refractivity contribution is 5.08. The summed E-state index contributed by atoms with van der Waals surface area (Å²) in [7, 11) is 0. The van der Waals surface area contributed by atoms with Crippen LogP contribution in [0.1, 0.15) is 59.3 Å². The van der Waals surface area contributed by atoms with Crippen molar-refractivity contribution in [3.63, 3.8) is 0 Å². The molecule has 3 aliphatic rings. The van der Waals surface area contributed by atoms with E-state index in [1.54, 1.807) is 0 Å². The Morgan fingerprint density at radius 1 is 1.22 bits per heavy atom. The van der Waals surface area contributed by atoms with E-state index in [-0.39, 0.29) is 0 Å². The number of hydrogen-bond acceptors (Lipinski definition) is 2. The third-order valence-corrected chi connectivity index (χ3v) is 6.35. The van der Waals surface area contributed by atoms with Gasteiger partial charge in [-0.05, 0) is 55.8 Å². The highest BCUT2D eigenvalue weighted by Crippen LogP contribution is 2.51. The second-order valence-corrected chi connectivity index (χ2v) is 8.06. The normalized spacial score (nSPS) is 47.7. The molecule has 1 heterocycles. The molecule has 0 aromatic rings. The lowest BCUT2D eigenvalue weighted by Crippen LogP contribution is -2.62. The fourth-order valence-electron chi connectivity index (χ4n) is 5.24. The first-order valence-corrected chi connectivity index (χ1v) is 7.94. The SMILES string of the molecule is CC1CC(C)(C)CCC1(CN)N1CC2CCC1C2. The summed E-state index contributed by atoms with van der Waals surface area (Å²) < 4.78 is 0. The summed E-state index contributed by atoms with van der Waals surface area (Å²) in [5.41, 5.74) is 7.14. The van der Waals surface area contributed by atoms with Crippen LogP contribution in [0.15, 0.2) is 0 Å². The predicted molar refractivity (Wildman–Crippen MR) is 76.4 cm³/mol. The van der Waals surface area contributed by atoms with E-state index in [1.165, 1.54) is 45.1 Å². The van der Waals surface area contributed by atoms with Crippen LogP contribution in [0.25, 0.3) is 0 Å². The van der Waals surface area contributed by atoms with Crippen molar-refractivity contribution in [3.05, 3.63) is 0 Å². The number of hydrogen-bond donors (Lipinski definition) is 1. The fourth-order valence-corrected chi connectivity index (χ4v) is 5.24. The Labute approximate surface area is 112 Å². The summed E-state index contributed by atoms with van der Waals surface area (Å²) in [6, 6.07) is 0.863. The molecule has 3 fully saturated rings. The molecule has 18 heavy (non-hydrogen) atoms. The van der Waals surface area contributed by atoms with Gasteiger partial charge in [-0.3, -0.25) is 4.90 Å². The number of nitrogens with two attached hydrogens (primary N) is 1. The largest absolute Gasteiger partial charge is 0.329 e. The number of nitrogens with zero attached hydrogens (tertiary/aromatic N) is 1. The van der Waals surface area contributed by atoms with Gasteiger partial charge in [0.05, 0.1) is 0 Å². The minimum absolute atomic E-state index is 0.329. The van der Waals surface area contributed by atoms with E-state index >= 15 is 0 Å². The van der Waals surface area contributed by atoms with Gasteiger partial charge in [-0.25, -0.2) is 0 Å². The van der Waals surface area contributed by atoms with E-state index < -0.39 is 0 Å². The smallest absolute Gasteiger partial charge is 0.0360 e. The second kappa shape index (κ2) is 4.21. The topological polar surface area (TPSA) is 29.3 Å². The van der Waals surface area contributed by atoms with Crippen molar-refractivity contribution in [2.45, 2.75) is 70.9 Å². The molecule has 2 N–H and O–H groups in total. The fraction of sp³-hybridized carbons (Fsp3) is 1.00. The van der Waals surface area contributed by atoms with Crippen LogP contribution in [0.5, 0.6) is 0 Å². The molecule has 2 saturated carbocycles. The lowest BCUT2D eigenvalue weighted by Gasteiger charge is -2.55. The molecule has 2 heteroatoms. The van der Waals surface area contributed by atoms with Crippen LogP contribution in [-0.2, 0) is 0 Å². The van der Waals surface area contributed by atoms with Gasteiger partial charge >= 0.3 is 0 Å². The van der Waals surface area contributed by atoms with Crippen LogP contribution in [0.2, 0.25) is 0 Å². The number of likely N-dealkylation sites (tertiary alicyclic amines) is 1. The number of piperidine rings is 1. The van der Waals surface area contributed by atoms with E-state index in [0.717, 1.165) is 24.4 Å². The van der Waals surface area contributed by atoms with Gasteiger partial charge in [-0.15, -0.1) is 0 Å². The maximum Gasteiger partial charge on any atom is 0.0360 e. The highest BCUT2D eigenvalue weighted by Gasteiger charge is 2.52. The van der Waals surface area contributed by atoms with Crippen molar-refractivity contribution in [1.29, 1.82) is 0 Å². The van der Waals surface area contributed by atoms with Gasteiger partial charge in [-0.2, -0.15) is 0 Å². The van der Waals surface area contributed by atoms with Gasteiger partial charge in [0.2, 0.25) is 0 Å². The number of rotatable bonds is 2. The van der Waals surface area contributed by atoms with Crippen molar-refractivity contribution in [2.24, 2.45) is 23.0 Å². The second-order valence-electron chi connectivity index (χ2n) is 8.06. The maximum absolute atomic E-state index is 6.29. The number of fused-ring (bicyclic) bond motifs is 2. The van der Waals surface area contributed by atoms with Crippen molar-refractivity contribution >= 4 is 0 Å². The summed E-state index contributed by atoms with van der Waals surface area (Å²) >= 11 is 0. The quantitative estimate of drug-likeness (QED) is 0.816. The zero-order chi connectivity index (χ0) is 13.0. The van der Waals surface area contributed by atoms with Gasteiger partial charge < -0.3 is 5.73 Å². The van der Waals surface area contributed by atoms with Crippen molar-refractivity contribution in [1.82, 2.24) is 4.90 Å². The minimum atomic E-state index is 0.329. The highest BCUT2D eigenvalue weighted by atomic mass is 15.3. The monoisotopic (exact) mass is 250 g/mol. The van der Waals surface area contributed by atoms with E-state index in [1.807, 2.05) is 0 Å². The van der Waals surface area contributed by atoms with Crippen LogP contribution in [0.3, 0.4) is 0 Å². The molecule has 4 atom stereocenters. The molecule has 0 spiro atoms. The van der Waals surface area contributed by atoms with Gasteiger partial charge in [-0.1, -0.05) is 20.8 Å². The first-order chi connectivity index (χ1) is 8.47. The minimum Gasteiger partial charge on any atom is -0.329 e. The van der Waals surface area contributed by atoms with Crippen molar-refractivity contribution in [2.75, 3.05) is 13.1 Å². The molecule has 0 aromatic carbocycles. The molecule has 2 aliphatic carbocycles. The predicted octanol–water partition coefficient (Wildman–Crippen LogP) is 3.01. The standard InChI is InChI=1S/C16H30N2/c1-12-9-15(2,3)6-7-16(12,11-17)18-10-13-4-5-14(18)8-13/h12-14H,4-11,17H2,1-3H3. The summed E-state index contributed by atoms with van der Waals surface area (Å²) in [5.74, 6) is 1.74. The van der Waals surface area contributed by atoms with Crippen LogP contribution >= 0.6 is 0 Å². The third-order valence-electron chi connectivity index (χ3n) is 6.35. The zero-order valence-corrected chi connectivity index (χ0v) is 12.4. The van der Waals surface area contributed by atoms with Gasteiger partial charge in [0, 0.05) is 24.7 Å². The first-order valence-electron chi connectivity index (χ1n) is 7.94. The average Bonchev–Trinajstić information content (AvgIpc) is 2.91. The molecule has 0 amide bonds. The molecule has 0 radical (unpaired) electrons. The van der Waals surface area contributed by atoms with Gasteiger partial charge in [0.25, 0.3) is 0 Å². The van der Waals surface area contributed by atoms with Crippen LogP contribution in [0, 0.1) is 17.3 Å². The first kappa shape index (κ1) is 12.9.